The summed E-state index contributed by atoms with van der Waals surface area (Å²) in [5.41, 5.74) is 6.23. The smallest absolute Gasteiger partial charge is 0.312 e. The molecule has 0 saturated carbocycles. The van der Waals surface area contributed by atoms with Gasteiger partial charge in [0.05, 0.1) is 58.8 Å². The number of benzene rings is 1. The lowest BCUT2D eigenvalue weighted by atomic mass is 10.0. The topological polar surface area (TPSA) is 318 Å². The highest BCUT2D eigenvalue weighted by Gasteiger charge is 2.32. The van der Waals surface area contributed by atoms with Crippen molar-refractivity contribution < 1.29 is 71.9 Å². The number of Topliss-reactive ketones (excluding diaryl/α,β-unsaturated/α-hetero) is 1. The molecular weight excluding hydrogens is 879 g/mol. The van der Waals surface area contributed by atoms with Gasteiger partial charge in [0.25, 0.3) is 0 Å². The van der Waals surface area contributed by atoms with Gasteiger partial charge in [-0.1, -0.05) is 53.7 Å². The highest BCUT2D eigenvalue weighted by atomic mass is 16.6. The van der Waals surface area contributed by atoms with Crippen molar-refractivity contribution in [3.05, 3.63) is 29.8 Å². The van der Waals surface area contributed by atoms with E-state index in [1.54, 1.807) is 65.8 Å². The zero-order chi connectivity index (χ0) is 50.1. The highest BCUT2D eigenvalue weighted by Crippen LogP contribution is 2.14. The maximum atomic E-state index is 13.7. The van der Waals surface area contributed by atoms with Crippen LogP contribution in [0.4, 0.5) is 10.5 Å². The van der Waals surface area contributed by atoms with Crippen molar-refractivity contribution >= 4 is 59.0 Å². The predicted molar refractivity (Wildman–Crippen MR) is 244 cm³/mol. The predicted octanol–water partition coefficient (Wildman–Crippen LogP) is 1.33. The third-order valence-corrected chi connectivity index (χ3v) is 9.62. The zero-order valence-electron chi connectivity index (χ0n) is 39.7. The molecule has 7 amide bonds. The average molecular weight is 952 g/mol. The Balaban J connectivity index is 2.61. The highest BCUT2D eigenvalue weighted by molar-refractivity contribution is 5.99. The number of urea groups is 1. The summed E-state index contributed by atoms with van der Waals surface area (Å²) in [6, 6.07) is 2.10. The molecule has 1 rings (SSSR count). The number of aliphatic carboxylic acids is 1. The minimum atomic E-state index is -1.32. The van der Waals surface area contributed by atoms with Crippen molar-refractivity contribution in [3.8, 4) is 0 Å². The minimum Gasteiger partial charge on any atom is -0.481 e. The molecule has 0 unspecified atom stereocenters. The first kappa shape index (κ1) is 59.3. The van der Waals surface area contributed by atoms with Crippen molar-refractivity contribution in [3.63, 3.8) is 0 Å². The number of hydrogen-bond acceptors (Lipinski definition) is 14. The number of anilines is 1. The van der Waals surface area contributed by atoms with Crippen LogP contribution in [-0.2, 0) is 68.6 Å². The van der Waals surface area contributed by atoms with E-state index >= 15 is 0 Å². The van der Waals surface area contributed by atoms with Gasteiger partial charge < -0.3 is 66.4 Å². The van der Waals surface area contributed by atoms with E-state index in [2.05, 4.69) is 31.9 Å². The van der Waals surface area contributed by atoms with Gasteiger partial charge in [-0.25, -0.2) is 4.79 Å². The van der Waals surface area contributed by atoms with Crippen LogP contribution < -0.4 is 37.6 Å². The Labute approximate surface area is 392 Å². The van der Waals surface area contributed by atoms with Crippen molar-refractivity contribution in [1.29, 1.82) is 0 Å². The lowest BCUT2D eigenvalue weighted by Crippen LogP contribution is -2.58. The number of primary amides is 1. The molecule has 3 atom stereocenters. The Kier molecular flexibility index (Phi) is 30.6. The third kappa shape index (κ3) is 28.8. The number of carbonyl (C=O) groups excluding carboxylic acids is 8. The number of nitrogens with two attached hydrogens (primary N) is 1. The molecule has 0 fully saturated rings. The fraction of sp³-hybridized carbons (Fsp3) is 0.667. The van der Waals surface area contributed by atoms with E-state index < -0.39 is 66.1 Å². The fourth-order valence-corrected chi connectivity index (χ4v) is 5.68. The first-order valence-electron chi connectivity index (χ1n) is 22.6. The van der Waals surface area contributed by atoms with E-state index in [4.69, 9.17) is 29.4 Å². The van der Waals surface area contributed by atoms with Gasteiger partial charge in [0, 0.05) is 50.4 Å². The van der Waals surface area contributed by atoms with Crippen molar-refractivity contribution in [2.75, 3.05) is 71.3 Å². The van der Waals surface area contributed by atoms with E-state index in [1.807, 2.05) is 0 Å². The first-order valence-corrected chi connectivity index (χ1v) is 22.6. The summed E-state index contributed by atoms with van der Waals surface area (Å²) >= 11 is 0. The van der Waals surface area contributed by atoms with Gasteiger partial charge >= 0.3 is 18.0 Å². The number of nitrogens with one attached hydrogen (secondary N) is 6. The molecule has 9 N–H and O–H groups in total. The summed E-state index contributed by atoms with van der Waals surface area (Å²) in [7, 11) is 0. The molecule has 0 bridgehead atoms. The molecule has 1 aromatic carbocycles. The van der Waals surface area contributed by atoms with Gasteiger partial charge in [-0.2, -0.15) is 0 Å². The van der Waals surface area contributed by atoms with Crippen LogP contribution in [-0.4, -0.2) is 142 Å². The zero-order valence-corrected chi connectivity index (χ0v) is 39.7. The molecule has 0 aliphatic heterocycles. The van der Waals surface area contributed by atoms with Crippen LogP contribution in [0.1, 0.15) is 92.1 Å². The summed E-state index contributed by atoms with van der Waals surface area (Å²) in [5, 5.41) is 25.0. The summed E-state index contributed by atoms with van der Waals surface area (Å²) in [5.74, 6) is -5.36. The second-order valence-corrected chi connectivity index (χ2v) is 16.4. The van der Waals surface area contributed by atoms with Crippen LogP contribution in [0.5, 0.6) is 0 Å². The fourth-order valence-electron chi connectivity index (χ4n) is 5.68. The normalized spacial score (nSPS) is 12.4. The molecule has 67 heavy (non-hydrogen) atoms. The number of hydrogen-bond donors (Lipinski definition) is 8. The molecule has 22 heteroatoms. The van der Waals surface area contributed by atoms with Crippen LogP contribution in [0.3, 0.4) is 0 Å². The number of amides is 7. The van der Waals surface area contributed by atoms with E-state index in [0.717, 1.165) is 0 Å². The van der Waals surface area contributed by atoms with Crippen LogP contribution >= 0.6 is 0 Å². The minimum absolute atomic E-state index is 0.0276. The Bertz CT molecular complexity index is 1710. The Hall–Kier alpha value is -5.71. The molecule has 0 spiro atoms. The maximum Gasteiger partial charge on any atom is 0.312 e. The lowest BCUT2D eigenvalue weighted by Gasteiger charge is -2.27. The SMILES string of the molecule is CC(C)C(=O)CCC(=O)NCCOCCOCCOCCOCCC(=O)N[C@H](CCC(=O)O)C(=O)N[C@H](C(=O)N[C@@H](CCCNC(N)=O)C(=O)Nc1ccc(COC(=O)C(C)C)cc1)C(C)C. The van der Waals surface area contributed by atoms with E-state index in [1.165, 1.54) is 0 Å². The summed E-state index contributed by atoms with van der Waals surface area (Å²) in [6.07, 6.45) is -0.228. The Morgan fingerprint density at radius 2 is 1.16 bits per heavy atom. The number of ether oxygens (including phenoxy) is 5. The van der Waals surface area contributed by atoms with Crippen LogP contribution in [0, 0.1) is 17.8 Å². The summed E-state index contributed by atoms with van der Waals surface area (Å²) in [4.78, 5) is 111. The van der Waals surface area contributed by atoms with Crippen LogP contribution in [0.15, 0.2) is 24.3 Å². The number of carbonyl (C=O) groups is 9. The van der Waals surface area contributed by atoms with Crippen molar-refractivity contribution in [2.24, 2.45) is 23.5 Å². The molecule has 0 heterocycles. The molecule has 22 nitrogen and oxygen atoms in total. The number of carboxylic acid groups (broad SMARTS) is 1. The van der Waals surface area contributed by atoms with Gasteiger partial charge in [0.2, 0.25) is 29.5 Å². The number of ketones is 1. The van der Waals surface area contributed by atoms with Crippen molar-refractivity contribution in [2.45, 2.75) is 111 Å². The second-order valence-electron chi connectivity index (χ2n) is 16.4. The molecule has 1 aromatic rings. The molecular formula is C45H73N7O15. The van der Waals surface area contributed by atoms with Gasteiger partial charge in [0.1, 0.15) is 30.5 Å². The molecule has 0 aliphatic rings. The molecule has 378 valence electrons. The van der Waals surface area contributed by atoms with Crippen LogP contribution in [0.25, 0.3) is 0 Å². The number of esters is 1. The van der Waals surface area contributed by atoms with E-state index in [9.17, 15) is 48.3 Å². The van der Waals surface area contributed by atoms with E-state index in [0.29, 0.717) is 44.2 Å². The van der Waals surface area contributed by atoms with Gasteiger partial charge in [-0.15, -0.1) is 0 Å². The molecule has 0 aliphatic carbocycles. The molecule has 0 saturated heterocycles. The molecule has 0 aromatic heterocycles. The van der Waals surface area contributed by atoms with Crippen LogP contribution in [0.2, 0.25) is 0 Å². The van der Waals surface area contributed by atoms with Crippen molar-refractivity contribution in [1.82, 2.24) is 26.6 Å². The molecule has 0 radical (unpaired) electrons. The Morgan fingerprint density at radius 3 is 1.72 bits per heavy atom. The second kappa shape index (κ2) is 34.6. The summed E-state index contributed by atoms with van der Waals surface area (Å²) in [6.45, 7) is 12.7. The van der Waals surface area contributed by atoms with E-state index in [-0.39, 0.29) is 108 Å². The monoisotopic (exact) mass is 952 g/mol. The average Bonchev–Trinajstić information content (AvgIpc) is 3.27. The van der Waals surface area contributed by atoms with Gasteiger partial charge in [-0.3, -0.25) is 38.4 Å². The summed E-state index contributed by atoms with van der Waals surface area (Å²) < 4.78 is 27.0. The number of carboxylic acids is 1. The standard InChI is InChI=1S/C45H73N7O15/c1-29(2)36(53)14-15-37(54)47-19-21-64-23-25-66-27-26-65-24-22-63-20-17-38(55)50-35(13-16-39(56)57)42(59)52-40(30(3)4)43(60)51-34(8-7-18-48-45(46)62)41(58)49-33-11-9-32(10-12-33)28-67-44(61)31(5)6/h9-12,29-31,34-35,40H,7-8,13-28H2,1-6H3,(H,47,54)(H,49,58)(H,50,55)(H,51,60)(H,52,59)(H,56,57)(H3,46,48,62)/t34-,35+,40-/m0/s1. The maximum absolute atomic E-state index is 13.7. The quantitative estimate of drug-likeness (QED) is 0.0345. The Morgan fingerprint density at radius 1 is 0.582 bits per heavy atom. The first-order chi connectivity index (χ1) is 31.8. The third-order valence-electron chi connectivity index (χ3n) is 9.62. The number of rotatable bonds is 37. The van der Waals surface area contributed by atoms with Gasteiger partial charge in [0.15, 0.2) is 0 Å². The lowest BCUT2D eigenvalue weighted by molar-refractivity contribution is -0.148. The largest absolute Gasteiger partial charge is 0.481 e. The van der Waals surface area contributed by atoms with Gasteiger partial charge in [-0.05, 0) is 42.9 Å².